The lowest BCUT2D eigenvalue weighted by Gasteiger charge is -2.29. The van der Waals surface area contributed by atoms with Crippen molar-refractivity contribution in [3.8, 4) is 0 Å². The quantitative estimate of drug-likeness (QED) is 0.351. The Bertz CT molecular complexity index is 1400. The molecule has 0 radical (unpaired) electrons. The van der Waals surface area contributed by atoms with E-state index in [4.69, 9.17) is 23.2 Å². The number of amides is 1. The van der Waals surface area contributed by atoms with Crippen molar-refractivity contribution in [3.05, 3.63) is 93.5 Å². The van der Waals surface area contributed by atoms with Gasteiger partial charge in [0.15, 0.2) is 5.78 Å². The third kappa shape index (κ3) is 6.46. The van der Waals surface area contributed by atoms with E-state index in [2.05, 4.69) is 26.1 Å². The maximum absolute atomic E-state index is 13.1. The number of nitrogens with one attached hydrogen (secondary N) is 1. The third-order valence-corrected chi connectivity index (χ3v) is 7.42. The molecule has 0 fully saturated rings. The van der Waals surface area contributed by atoms with Crippen molar-refractivity contribution < 1.29 is 18.0 Å². The molecule has 0 spiro atoms. The van der Waals surface area contributed by atoms with Gasteiger partial charge in [-0.2, -0.15) is 0 Å². The summed E-state index contributed by atoms with van der Waals surface area (Å²) in [5.74, 6) is -0.793. The Morgan fingerprint density at radius 3 is 2.14 bits per heavy atom. The van der Waals surface area contributed by atoms with Gasteiger partial charge in [0.2, 0.25) is 15.9 Å². The maximum atomic E-state index is 13.1. The van der Waals surface area contributed by atoms with E-state index in [0.29, 0.717) is 16.8 Å². The maximum Gasteiger partial charge on any atom is 0.247 e. The molecule has 9 heteroatoms. The van der Waals surface area contributed by atoms with Gasteiger partial charge in [0, 0.05) is 21.8 Å². The van der Waals surface area contributed by atoms with Gasteiger partial charge in [0.1, 0.15) is 6.04 Å². The summed E-state index contributed by atoms with van der Waals surface area (Å²) in [5, 5.41) is 3.11. The number of carbonyl (C=O) groups excluding carboxylic acids is 2. The van der Waals surface area contributed by atoms with Gasteiger partial charge in [-0.05, 0) is 48.2 Å². The molecule has 0 bridgehead atoms. The zero-order chi connectivity index (χ0) is 26.8. The molecule has 0 aliphatic rings. The van der Waals surface area contributed by atoms with Gasteiger partial charge in [0.25, 0.3) is 0 Å². The van der Waals surface area contributed by atoms with Crippen LogP contribution in [0, 0.1) is 0 Å². The molecule has 0 heterocycles. The fraction of sp³-hybridized carbons (Fsp3) is 0.259. The van der Waals surface area contributed by atoms with Gasteiger partial charge >= 0.3 is 0 Å². The van der Waals surface area contributed by atoms with Gasteiger partial charge in [-0.15, -0.1) is 0 Å². The number of sulfonamides is 1. The van der Waals surface area contributed by atoms with Gasteiger partial charge < -0.3 is 5.32 Å². The standard InChI is InChI=1S/C27H28Cl2N2O4S/c1-17(31(36(5,34)35)24-16-21(28)13-14-23(24)29)26(33)30-22-8-6-7-19(15-22)25(32)18-9-11-20(12-10-18)27(2,3)4/h6-17H,1-5H3,(H,30,33)/t17-/m0/s1. The van der Waals surface area contributed by atoms with Crippen molar-refractivity contribution in [2.45, 2.75) is 39.2 Å². The predicted molar refractivity (Wildman–Crippen MR) is 147 cm³/mol. The Balaban J connectivity index is 1.84. The summed E-state index contributed by atoms with van der Waals surface area (Å²) in [5.41, 5.74) is 2.45. The first-order chi connectivity index (χ1) is 16.7. The van der Waals surface area contributed by atoms with Crippen LogP contribution in [0.3, 0.4) is 0 Å². The summed E-state index contributed by atoms with van der Waals surface area (Å²) >= 11 is 12.3. The summed E-state index contributed by atoms with van der Waals surface area (Å²) in [7, 11) is -3.89. The highest BCUT2D eigenvalue weighted by molar-refractivity contribution is 7.92. The van der Waals surface area contributed by atoms with Crippen molar-refractivity contribution in [3.63, 3.8) is 0 Å². The first-order valence-electron chi connectivity index (χ1n) is 11.2. The van der Waals surface area contributed by atoms with E-state index < -0.39 is 22.0 Å². The van der Waals surface area contributed by atoms with Gasteiger partial charge in [-0.1, -0.05) is 80.4 Å². The van der Waals surface area contributed by atoms with Crippen molar-refractivity contribution >= 4 is 56.3 Å². The van der Waals surface area contributed by atoms with E-state index in [1.54, 1.807) is 36.4 Å². The third-order valence-electron chi connectivity index (χ3n) is 5.64. The van der Waals surface area contributed by atoms with Crippen LogP contribution < -0.4 is 9.62 Å². The summed E-state index contributed by atoms with van der Waals surface area (Å²) in [6, 6.07) is 17.2. The van der Waals surface area contributed by atoms with Crippen molar-refractivity contribution in [2.24, 2.45) is 0 Å². The van der Waals surface area contributed by atoms with E-state index >= 15 is 0 Å². The molecule has 0 saturated carbocycles. The first-order valence-corrected chi connectivity index (χ1v) is 13.8. The van der Waals surface area contributed by atoms with Crippen molar-refractivity contribution in [1.82, 2.24) is 0 Å². The molecule has 0 unspecified atom stereocenters. The number of halogens is 2. The average Bonchev–Trinajstić information content (AvgIpc) is 2.79. The lowest BCUT2D eigenvalue weighted by molar-refractivity contribution is -0.116. The Hall–Kier alpha value is -2.87. The highest BCUT2D eigenvalue weighted by Gasteiger charge is 2.31. The van der Waals surface area contributed by atoms with Crippen molar-refractivity contribution in [1.29, 1.82) is 0 Å². The Morgan fingerprint density at radius 1 is 0.917 bits per heavy atom. The molecule has 1 amide bonds. The van der Waals surface area contributed by atoms with E-state index in [9.17, 15) is 18.0 Å². The molecule has 1 N–H and O–H groups in total. The molecular formula is C27H28Cl2N2O4S. The number of anilines is 2. The minimum absolute atomic E-state index is 0.0301. The number of ketones is 1. The SMILES string of the molecule is C[C@@H](C(=O)Nc1cccc(C(=O)c2ccc(C(C)(C)C)cc2)c1)N(c1cc(Cl)ccc1Cl)S(C)(=O)=O. The number of hydrogen-bond donors (Lipinski definition) is 1. The fourth-order valence-corrected chi connectivity index (χ4v) is 5.31. The van der Waals surface area contributed by atoms with E-state index in [1.165, 1.54) is 25.1 Å². The van der Waals surface area contributed by atoms with Crippen LogP contribution in [0.5, 0.6) is 0 Å². The lowest BCUT2D eigenvalue weighted by Crippen LogP contribution is -2.45. The van der Waals surface area contributed by atoms with Crippen LogP contribution in [0.15, 0.2) is 66.7 Å². The molecule has 3 aromatic carbocycles. The van der Waals surface area contributed by atoms with Crippen LogP contribution in [0.4, 0.5) is 11.4 Å². The highest BCUT2D eigenvalue weighted by Crippen LogP contribution is 2.32. The zero-order valence-corrected chi connectivity index (χ0v) is 23.0. The second-order valence-corrected chi connectivity index (χ2v) is 12.3. The summed E-state index contributed by atoms with van der Waals surface area (Å²) < 4.78 is 26.1. The van der Waals surface area contributed by atoms with E-state index in [1.807, 2.05) is 12.1 Å². The number of rotatable bonds is 7. The fourth-order valence-electron chi connectivity index (χ4n) is 3.71. The second kappa shape index (κ2) is 10.6. The summed E-state index contributed by atoms with van der Waals surface area (Å²) in [4.78, 5) is 26.1. The summed E-state index contributed by atoms with van der Waals surface area (Å²) in [6.07, 6.45) is 0.984. The topological polar surface area (TPSA) is 83.6 Å². The monoisotopic (exact) mass is 546 g/mol. The van der Waals surface area contributed by atoms with Crippen LogP contribution in [0.2, 0.25) is 10.0 Å². The molecular weight excluding hydrogens is 519 g/mol. The van der Waals surface area contributed by atoms with Gasteiger partial charge in [-0.25, -0.2) is 8.42 Å². The normalized spacial score (nSPS) is 12.6. The predicted octanol–water partition coefficient (Wildman–Crippen LogP) is 6.32. The van der Waals surface area contributed by atoms with Crippen LogP contribution in [-0.2, 0) is 20.2 Å². The number of hydrogen-bond acceptors (Lipinski definition) is 4. The molecule has 3 rings (SSSR count). The zero-order valence-electron chi connectivity index (χ0n) is 20.7. The second-order valence-electron chi connectivity index (χ2n) is 9.56. The highest BCUT2D eigenvalue weighted by atomic mass is 35.5. The van der Waals surface area contributed by atoms with E-state index in [0.717, 1.165) is 16.1 Å². The Labute approximate surface area is 222 Å². The minimum atomic E-state index is -3.89. The van der Waals surface area contributed by atoms with Crippen LogP contribution in [-0.4, -0.2) is 32.4 Å². The number of benzene rings is 3. The largest absolute Gasteiger partial charge is 0.324 e. The molecule has 190 valence electrons. The first kappa shape index (κ1) is 27.7. The van der Waals surface area contributed by atoms with Gasteiger partial charge in [0.05, 0.1) is 17.0 Å². The van der Waals surface area contributed by atoms with Crippen LogP contribution in [0.25, 0.3) is 0 Å². The molecule has 0 saturated heterocycles. The summed E-state index contributed by atoms with van der Waals surface area (Å²) in [6.45, 7) is 7.74. The molecule has 0 aliphatic heterocycles. The number of nitrogens with zero attached hydrogens (tertiary/aromatic N) is 1. The molecule has 36 heavy (non-hydrogen) atoms. The van der Waals surface area contributed by atoms with Gasteiger partial charge in [-0.3, -0.25) is 13.9 Å². The molecule has 3 aromatic rings. The Kier molecular flexibility index (Phi) is 8.18. The van der Waals surface area contributed by atoms with Crippen LogP contribution >= 0.6 is 23.2 Å². The lowest BCUT2D eigenvalue weighted by atomic mass is 9.86. The number of carbonyl (C=O) groups is 2. The Morgan fingerprint density at radius 2 is 1.56 bits per heavy atom. The molecule has 0 aliphatic carbocycles. The molecule has 0 aromatic heterocycles. The van der Waals surface area contributed by atoms with E-state index in [-0.39, 0.29) is 26.9 Å². The molecule has 1 atom stereocenters. The minimum Gasteiger partial charge on any atom is -0.324 e. The smallest absolute Gasteiger partial charge is 0.247 e. The van der Waals surface area contributed by atoms with Crippen LogP contribution in [0.1, 0.15) is 49.2 Å². The van der Waals surface area contributed by atoms with Crippen molar-refractivity contribution in [2.75, 3.05) is 15.9 Å². The average molecular weight is 548 g/mol. The molecule has 6 nitrogen and oxygen atoms in total.